The molecule has 0 unspecified atom stereocenters. The highest BCUT2D eigenvalue weighted by molar-refractivity contribution is 6.37. The fourth-order valence-electron chi connectivity index (χ4n) is 7.55. The van der Waals surface area contributed by atoms with Gasteiger partial charge in [-0.15, -0.1) is 0 Å². The van der Waals surface area contributed by atoms with Crippen LogP contribution in [0.25, 0.3) is 87.7 Å². The number of aryl methyl sites for hydroxylation is 1. The number of hydrogen-bond acceptors (Lipinski definition) is 1. The van der Waals surface area contributed by atoms with E-state index in [1.807, 2.05) is 12.1 Å². The Balaban J connectivity index is 1.45. The van der Waals surface area contributed by atoms with Crippen LogP contribution in [0.1, 0.15) is 5.56 Å². The predicted molar refractivity (Wildman–Crippen MR) is 185 cm³/mol. The molecule has 0 bridgehead atoms. The lowest BCUT2D eigenvalue weighted by atomic mass is 9.99. The first-order valence-electron chi connectivity index (χ1n) is 15.1. The molecule has 0 aliphatic heterocycles. The number of furan rings is 1. The number of hydrogen-bond donors (Lipinski definition) is 0. The second kappa shape index (κ2) is 8.62. The fraction of sp³-hybridized carbons (Fsp3) is 0.0244. The maximum absolute atomic E-state index is 6.38. The Bertz CT molecular complexity index is 2790. The Morgan fingerprint density at radius 1 is 0.409 bits per heavy atom. The minimum Gasteiger partial charge on any atom is -0.456 e. The molecule has 3 heteroatoms. The van der Waals surface area contributed by atoms with Crippen LogP contribution in [0.15, 0.2) is 144 Å². The van der Waals surface area contributed by atoms with Gasteiger partial charge in [-0.1, -0.05) is 91.0 Å². The molecule has 0 spiro atoms. The zero-order chi connectivity index (χ0) is 28.9. The number of rotatable bonds is 2. The van der Waals surface area contributed by atoms with E-state index in [-0.39, 0.29) is 0 Å². The smallest absolute Gasteiger partial charge is 0.137 e. The summed E-state index contributed by atoms with van der Waals surface area (Å²) in [6.07, 6.45) is 0. The molecule has 0 aliphatic carbocycles. The number of aromatic nitrogens is 2. The van der Waals surface area contributed by atoms with Crippen molar-refractivity contribution in [3.63, 3.8) is 0 Å². The molecule has 0 fully saturated rings. The number of fused-ring (bicyclic) bond motifs is 13. The Morgan fingerprint density at radius 3 is 1.57 bits per heavy atom. The van der Waals surface area contributed by atoms with Gasteiger partial charge in [0.15, 0.2) is 0 Å². The highest BCUT2D eigenvalue weighted by Gasteiger charge is 2.24. The molecule has 0 radical (unpaired) electrons. The average Bonchev–Trinajstić information content (AvgIpc) is 3.72. The molecule has 3 heterocycles. The highest BCUT2D eigenvalue weighted by Crippen LogP contribution is 2.47. The SMILES string of the molecule is Cc1cccc(-n2c3ccccc3c3c4c5ccccc5n(-c5ccc6c(c5)oc5ccccc56)c4c4ccccc4c32)c1. The molecular formula is C41H26N2O. The molecule has 206 valence electrons. The van der Waals surface area contributed by atoms with Crippen molar-refractivity contribution >= 4 is 76.3 Å². The van der Waals surface area contributed by atoms with Crippen LogP contribution >= 0.6 is 0 Å². The van der Waals surface area contributed by atoms with Gasteiger partial charge in [-0.2, -0.15) is 0 Å². The van der Waals surface area contributed by atoms with Gasteiger partial charge >= 0.3 is 0 Å². The first-order valence-corrected chi connectivity index (χ1v) is 15.1. The molecule has 0 saturated heterocycles. The van der Waals surface area contributed by atoms with Gasteiger partial charge in [0.25, 0.3) is 0 Å². The zero-order valence-corrected chi connectivity index (χ0v) is 24.1. The van der Waals surface area contributed by atoms with Crippen LogP contribution in [0.4, 0.5) is 0 Å². The summed E-state index contributed by atoms with van der Waals surface area (Å²) in [5, 5.41) is 9.82. The van der Waals surface area contributed by atoms with E-state index in [2.05, 4.69) is 143 Å². The Kier molecular flexibility index (Phi) is 4.65. The van der Waals surface area contributed by atoms with Gasteiger partial charge in [0.1, 0.15) is 11.2 Å². The average molecular weight is 563 g/mol. The van der Waals surface area contributed by atoms with E-state index < -0.39 is 0 Å². The van der Waals surface area contributed by atoms with Crippen molar-refractivity contribution in [2.45, 2.75) is 6.92 Å². The van der Waals surface area contributed by atoms with Gasteiger partial charge < -0.3 is 13.6 Å². The minimum absolute atomic E-state index is 0.899. The summed E-state index contributed by atoms with van der Waals surface area (Å²) < 4.78 is 11.3. The van der Waals surface area contributed by atoms with Crippen LogP contribution in [0.3, 0.4) is 0 Å². The van der Waals surface area contributed by atoms with E-state index >= 15 is 0 Å². The molecule has 7 aromatic carbocycles. The molecule has 0 atom stereocenters. The maximum Gasteiger partial charge on any atom is 0.137 e. The molecule has 3 nitrogen and oxygen atoms in total. The van der Waals surface area contributed by atoms with Crippen molar-refractivity contribution in [3.8, 4) is 11.4 Å². The number of benzene rings is 7. The first-order chi connectivity index (χ1) is 21.8. The van der Waals surface area contributed by atoms with Crippen LogP contribution in [-0.4, -0.2) is 9.13 Å². The summed E-state index contributed by atoms with van der Waals surface area (Å²) in [5.41, 5.74) is 10.2. The summed E-state index contributed by atoms with van der Waals surface area (Å²) in [6, 6.07) is 50.4. The Hall–Kier alpha value is -5.80. The van der Waals surface area contributed by atoms with Crippen molar-refractivity contribution in [2.75, 3.05) is 0 Å². The monoisotopic (exact) mass is 562 g/mol. The van der Waals surface area contributed by atoms with Crippen molar-refractivity contribution in [1.29, 1.82) is 0 Å². The Morgan fingerprint density at radius 2 is 0.932 bits per heavy atom. The second-order valence-electron chi connectivity index (χ2n) is 11.8. The van der Waals surface area contributed by atoms with E-state index in [9.17, 15) is 0 Å². The number of para-hydroxylation sites is 3. The summed E-state index contributed by atoms with van der Waals surface area (Å²) in [6.45, 7) is 2.17. The van der Waals surface area contributed by atoms with Gasteiger partial charge in [-0.3, -0.25) is 0 Å². The molecule has 10 rings (SSSR count). The normalized spacial score (nSPS) is 12.2. The highest BCUT2D eigenvalue weighted by atomic mass is 16.3. The van der Waals surface area contributed by atoms with Crippen LogP contribution < -0.4 is 0 Å². The third-order valence-corrected chi connectivity index (χ3v) is 9.32. The van der Waals surface area contributed by atoms with Crippen molar-refractivity contribution in [2.24, 2.45) is 0 Å². The minimum atomic E-state index is 0.899. The molecule has 0 amide bonds. The van der Waals surface area contributed by atoms with Crippen LogP contribution in [0.2, 0.25) is 0 Å². The summed E-state index contributed by atoms with van der Waals surface area (Å²) in [5.74, 6) is 0. The van der Waals surface area contributed by atoms with Gasteiger partial charge in [0.05, 0.1) is 22.1 Å². The molecule has 0 saturated carbocycles. The lowest BCUT2D eigenvalue weighted by Gasteiger charge is -2.13. The van der Waals surface area contributed by atoms with E-state index in [4.69, 9.17) is 4.42 Å². The van der Waals surface area contributed by atoms with Crippen LogP contribution in [0, 0.1) is 6.92 Å². The topological polar surface area (TPSA) is 23.0 Å². The standard InChI is InChI=1S/C41H26N2O/c1-25-11-10-12-26(23-25)42-34-18-7-4-16-32(34)38-39-33-17-5-8-19-35(33)43(41(39)31-15-3-2-14-30(31)40(38)42)27-21-22-29-28-13-6-9-20-36(28)44-37(29)24-27/h2-24H,1H3. The maximum atomic E-state index is 6.38. The largest absolute Gasteiger partial charge is 0.456 e. The lowest BCUT2D eigenvalue weighted by molar-refractivity contribution is 0.668. The van der Waals surface area contributed by atoms with E-state index in [1.54, 1.807) is 0 Å². The van der Waals surface area contributed by atoms with Gasteiger partial charge in [0, 0.05) is 60.5 Å². The third kappa shape index (κ3) is 3.05. The number of nitrogens with zero attached hydrogens (tertiary/aromatic N) is 2. The van der Waals surface area contributed by atoms with Crippen molar-refractivity contribution in [1.82, 2.24) is 9.13 Å². The molecule has 3 aromatic heterocycles. The quantitative estimate of drug-likeness (QED) is 0.205. The second-order valence-corrected chi connectivity index (χ2v) is 11.8. The van der Waals surface area contributed by atoms with Gasteiger partial charge in [0.2, 0.25) is 0 Å². The van der Waals surface area contributed by atoms with Gasteiger partial charge in [-0.25, -0.2) is 0 Å². The first kappa shape index (κ1) is 23.7. The third-order valence-electron chi connectivity index (χ3n) is 9.32. The molecule has 0 aliphatic rings. The van der Waals surface area contributed by atoms with Crippen LogP contribution in [0.5, 0.6) is 0 Å². The van der Waals surface area contributed by atoms with E-state index in [0.717, 1.165) is 27.6 Å². The molecule has 10 aromatic rings. The molecule has 0 N–H and O–H groups in total. The van der Waals surface area contributed by atoms with E-state index in [0.29, 0.717) is 0 Å². The predicted octanol–water partition coefficient (Wildman–Crippen LogP) is 11.2. The van der Waals surface area contributed by atoms with Crippen molar-refractivity contribution in [3.05, 3.63) is 145 Å². The van der Waals surface area contributed by atoms with Gasteiger partial charge in [-0.05, 0) is 55.0 Å². The summed E-state index contributed by atoms with van der Waals surface area (Å²) in [4.78, 5) is 0. The summed E-state index contributed by atoms with van der Waals surface area (Å²) >= 11 is 0. The van der Waals surface area contributed by atoms with E-state index in [1.165, 1.54) is 65.6 Å². The van der Waals surface area contributed by atoms with Crippen molar-refractivity contribution < 1.29 is 4.42 Å². The Labute approximate surface area is 252 Å². The zero-order valence-electron chi connectivity index (χ0n) is 24.1. The van der Waals surface area contributed by atoms with Crippen LogP contribution in [-0.2, 0) is 0 Å². The lowest BCUT2D eigenvalue weighted by Crippen LogP contribution is -1.97. The summed E-state index contributed by atoms with van der Waals surface area (Å²) in [7, 11) is 0. The fourth-order valence-corrected chi connectivity index (χ4v) is 7.55. The molecular weight excluding hydrogens is 536 g/mol. The molecule has 44 heavy (non-hydrogen) atoms.